The minimum absolute atomic E-state index is 0.760. The highest BCUT2D eigenvalue weighted by Gasteiger charge is 2.25. The molecule has 1 unspecified atom stereocenters. The number of hydrogen-bond acceptors (Lipinski definition) is 3. The molecule has 2 fully saturated rings. The van der Waals surface area contributed by atoms with E-state index in [0.29, 0.717) is 0 Å². The Morgan fingerprint density at radius 2 is 2.36 bits per heavy atom. The van der Waals surface area contributed by atoms with Crippen LogP contribution < -0.4 is 5.32 Å². The molecule has 1 N–H and O–H groups in total. The van der Waals surface area contributed by atoms with Crippen LogP contribution in [0.25, 0.3) is 0 Å². The van der Waals surface area contributed by atoms with Crippen LogP contribution in [0.2, 0.25) is 0 Å². The van der Waals surface area contributed by atoms with E-state index in [9.17, 15) is 0 Å². The predicted octanol–water partition coefficient (Wildman–Crippen LogP) is 0.707. The molecule has 3 heteroatoms. The van der Waals surface area contributed by atoms with E-state index in [2.05, 4.69) is 10.2 Å². The molecule has 0 aromatic heterocycles. The Kier molecular flexibility index (Phi) is 3.79. The highest BCUT2D eigenvalue weighted by atomic mass is 16.5. The average molecular weight is 198 g/mol. The maximum Gasteiger partial charge on any atom is 0.0503 e. The molecule has 0 aliphatic carbocycles. The van der Waals surface area contributed by atoms with Crippen LogP contribution in [-0.4, -0.2) is 50.8 Å². The van der Waals surface area contributed by atoms with Crippen molar-refractivity contribution in [2.45, 2.75) is 25.3 Å². The minimum Gasteiger partial charge on any atom is -0.384 e. The monoisotopic (exact) mass is 198 g/mol. The fourth-order valence-electron chi connectivity index (χ4n) is 2.67. The number of methoxy groups -OCH3 is 1. The van der Waals surface area contributed by atoms with Crippen molar-refractivity contribution in [3.05, 3.63) is 0 Å². The van der Waals surface area contributed by atoms with E-state index in [-0.39, 0.29) is 0 Å². The van der Waals surface area contributed by atoms with Gasteiger partial charge in [-0.15, -0.1) is 0 Å². The van der Waals surface area contributed by atoms with Crippen LogP contribution in [0.1, 0.15) is 19.3 Å². The molecule has 2 saturated heterocycles. The van der Waals surface area contributed by atoms with Crippen molar-refractivity contribution in [1.82, 2.24) is 10.2 Å². The molecule has 0 aromatic rings. The summed E-state index contributed by atoms with van der Waals surface area (Å²) >= 11 is 0. The van der Waals surface area contributed by atoms with E-state index >= 15 is 0 Å². The van der Waals surface area contributed by atoms with Crippen molar-refractivity contribution >= 4 is 0 Å². The van der Waals surface area contributed by atoms with E-state index < -0.39 is 0 Å². The van der Waals surface area contributed by atoms with Gasteiger partial charge in [-0.05, 0) is 38.3 Å². The van der Waals surface area contributed by atoms with E-state index in [1.165, 1.54) is 45.4 Å². The second-order valence-corrected chi connectivity index (χ2v) is 4.66. The molecule has 2 aliphatic heterocycles. The zero-order chi connectivity index (χ0) is 9.80. The fourth-order valence-corrected chi connectivity index (χ4v) is 2.67. The van der Waals surface area contributed by atoms with Crippen LogP contribution >= 0.6 is 0 Å². The summed E-state index contributed by atoms with van der Waals surface area (Å²) in [6.45, 7) is 5.92. The first-order valence-electron chi connectivity index (χ1n) is 5.83. The fraction of sp³-hybridized carbons (Fsp3) is 1.00. The van der Waals surface area contributed by atoms with Crippen molar-refractivity contribution in [1.29, 1.82) is 0 Å². The van der Waals surface area contributed by atoms with E-state index in [1.807, 2.05) is 0 Å². The van der Waals surface area contributed by atoms with Gasteiger partial charge in [0.1, 0.15) is 0 Å². The Balaban J connectivity index is 1.67. The third-order valence-electron chi connectivity index (χ3n) is 3.41. The van der Waals surface area contributed by atoms with Gasteiger partial charge in [-0.3, -0.25) is 0 Å². The molecule has 3 nitrogen and oxygen atoms in total. The molecular formula is C11H22N2O. The minimum atomic E-state index is 0.760. The summed E-state index contributed by atoms with van der Waals surface area (Å²) in [4.78, 5) is 2.59. The quantitative estimate of drug-likeness (QED) is 0.720. The Bertz CT molecular complexity index is 169. The first-order valence-corrected chi connectivity index (χ1v) is 5.83. The Hall–Kier alpha value is -0.120. The first kappa shape index (κ1) is 10.4. The number of nitrogens with zero attached hydrogens (tertiary/aromatic N) is 1. The van der Waals surface area contributed by atoms with Crippen LogP contribution in [0, 0.1) is 5.92 Å². The Morgan fingerprint density at radius 3 is 3.07 bits per heavy atom. The number of ether oxygens (including phenoxy) is 1. The molecule has 0 bridgehead atoms. The SMILES string of the molecule is COCC1CCN(C[C@@H]2CCCN2)C1. The molecule has 14 heavy (non-hydrogen) atoms. The average Bonchev–Trinajstić information content (AvgIpc) is 2.79. The number of likely N-dealkylation sites (tertiary alicyclic amines) is 1. The smallest absolute Gasteiger partial charge is 0.0503 e. The molecule has 2 aliphatic rings. The lowest BCUT2D eigenvalue weighted by Crippen LogP contribution is -2.36. The first-order chi connectivity index (χ1) is 6.88. The summed E-state index contributed by atoms with van der Waals surface area (Å²) in [6, 6.07) is 0.760. The lowest BCUT2D eigenvalue weighted by atomic mass is 10.1. The predicted molar refractivity (Wildman–Crippen MR) is 57.4 cm³/mol. The Labute approximate surface area is 86.8 Å². The molecular weight excluding hydrogens is 176 g/mol. The summed E-state index contributed by atoms with van der Waals surface area (Å²) in [5.41, 5.74) is 0. The molecule has 0 aromatic carbocycles. The summed E-state index contributed by atoms with van der Waals surface area (Å²) in [6.07, 6.45) is 4.05. The van der Waals surface area contributed by atoms with Gasteiger partial charge < -0.3 is 15.0 Å². The summed E-state index contributed by atoms with van der Waals surface area (Å²) < 4.78 is 5.20. The van der Waals surface area contributed by atoms with Crippen LogP contribution in [0.5, 0.6) is 0 Å². The summed E-state index contributed by atoms with van der Waals surface area (Å²) in [5.74, 6) is 0.779. The highest BCUT2D eigenvalue weighted by molar-refractivity contribution is 4.82. The van der Waals surface area contributed by atoms with Crippen LogP contribution in [0.4, 0.5) is 0 Å². The van der Waals surface area contributed by atoms with Gasteiger partial charge in [0.25, 0.3) is 0 Å². The van der Waals surface area contributed by atoms with Crippen molar-refractivity contribution in [3.8, 4) is 0 Å². The third-order valence-corrected chi connectivity index (χ3v) is 3.41. The largest absolute Gasteiger partial charge is 0.384 e. The van der Waals surface area contributed by atoms with Crippen molar-refractivity contribution in [2.75, 3.05) is 39.9 Å². The molecule has 0 radical (unpaired) electrons. The maximum atomic E-state index is 5.20. The van der Waals surface area contributed by atoms with Gasteiger partial charge in [-0.2, -0.15) is 0 Å². The molecule has 2 heterocycles. The second-order valence-electron chi connectivity index (χ2n) is 4.66. The van der Waals surface area contributed by atoms with Gasteiger partial charge >= 0.3 is 0 Å². The summed E-state index contributed by atoms with van der Waals surface area (Å²) in [7, 11) is 1.81. The maximum absolute atomic E-state index is 5.20. The standard InChI is InChI=1S/C11H22N2O/c1-14-9-10-4-6-13(7-10)8-11-3-2-5-12-11/h10-12H,2-9H2,1H3/t10?,11-/m0/s1. The molecule has 2 atom stereocenters. The number of rotatable bonds is 4. The van der Waals surface area contributed by atoms with Gasteiger partial charge in [0.15, 0.2) is 0 Å². The topological polar surface area (TPSA) is 24.5 Å². The van der Waals surface area contributed by atoms with Crippen LogP contribution in [-0.2, 0) is 4.74 Å². The molecule has 82 valence electrons. The van der Waals surface area contributed by atoms with Crippen molar-refractivity contribution in [3.63, 3.8) is 0 Å². The number of nitrogens with one attached hydrogen (secondary N) is 1. The number of hydrogen-bond donors (Lipinski definition) is 1. The molecule has 0 spiro atoms. The third kappa shape index (κ3) is 2.69. The lowest BCUT2D eigenvalue weighted by Gasteiger charge is -2.20. The van der Waals surface area contributed by atoms with Gasteiger partial charge in [0, 0.05) is 26.2 Å². The summed E-state index contributed by atoms with van der Waals surface area (Å²) in [5, 5.41) is 3.56. The highest BCUT2D eigenvalue weighted by Crippen LogP contribution is 2.18. The van der Waals surface area contributed by atoms with Crippen molar-refractivity contribution in [2.24, 2.45) is 5.92 Å². The van der Waals surface area contributed by atoms with Gasteiger partial charge in [-0.1, -0.05) is 0 Å². The van der Waals surface area contributed by atoms with Gasteiger partial charge in [0.05, 0.1) is 6.61 Å². The zero-order valence-electron chi connectivity index (χ0n) is 9.17. The second kappa shape index (κ2) is 5.10. The normalized spacial score (nSPS) is 34.1. The lowest BCUT2D eigenvalue weighted by molar-refractivity contribution is 0.152. The van der Waals surface area contributed by atoms with Crippen LogP contribution in [0.15, 0.2) is 0 Å². The van der Waals surface area contributed by atoms with E-state index in [1.54, 1.807) is 7.11 Å². The Morgan fingerprint density at radius 1 is 1.43 bits per heavy atom. The molecule has 2 rings (SSSR count). The van der Waals surface area contributed by atoms with Gasteiger partial charge in [0.2, 0.25) is 0 Å². The van der Waals surface area contributed by atoms with Gasteiger partial charge in [-0.25, -0.2) is 0 Å². The molecule has 0 saturated carbocycles. The van der Waals surface area contributed by atoms with Crippen molar-refractivity contribution < 1.29 is 4.74 Å². The van der Waals surface area contributed by atoms with E-state index in [0.717, 1.165) is 18.6 Å². The van der Waals surface area contributed by atoms with E-state index in [4.69, 9.17) is 4.74 Å². The molecule has 0 amide bonds. The zero-order valence-corrected chi connectivity index (χ0v) is 9.17. The van der Waals surface area contributed by atoms with Crippen LogP contribution in [0.3, 0.4) is 0 Å².